The van der Waals surface area contributed by atoms with E-state index >= 15 is 0 Å². The van der Waals surface area contributed by atoms with Crippen molar-refractivity contribution in [3.63, 3.8) is 0 Å². The molecule has 1 aliphatic carbocycles. The zero-order chi connectivity index (χ0) is 13.8. The number of methoxy groups -OCH3 is 1. The predicted octanol–water partition coefficient (Wildman–Crippen LogP) is 2.52. The summed E-state index contributed by atoms with van der Waals surface area (Å²) in [7, 11) is 1.46. The van der Waals surface area contributed by atoms with Crippen molar-refractivity contribution >= 4 is 31.9 Å². The summed E-state index contributed by atoms with van der Waals surface area (Å²) in [5.74, 6) is 0. The number of amides is 1. The van der Waals surface area contributed by atoms with E-state index in [-0.39, 0.29) is 18.2 Å². The second kappa shape index (κ2) is 7.24. The van der Waals surface area contributed by atoms with Gasteiger partial charge in [-0.1, -0.05) is 0 Å². The Kier molecular flexibility index (Phi) is 5.92. The summed E-state index contributed by atoms with van der Waals surface area (Å²) in [6.45, 7) is 2.76. The quantitative estimate of drug-likeness (QED) is 0.607. The number of rotatable bonds is 3. The number of nitrogens with zero attached hydrogens (tertiary/aromatic N) is 1. The Bertz CT molecular complexity index is 305. The molecule has 2 atom stereocenters. The number of ether oxygens (including phenoxy) is 2. The van der Waals surface area contributed by atoms with Crippen LogP contribution >= 0.6 is 0 Å². The van der Waals surface area contributed by atoms with E-state index in [1.165, 1.54) is 58.6 Å². The molecular weight excluding hydrogens is 437 g/mol. The molecule has 0 N–H and O–H groups in total. The van der Waals surface area contributed by atoms with Gasteiger partial charge in [0.05, 0.1) is 0 Å². The molecule has 1 heterocycles. The van der Waals surface area contributed by atoms with E-state index in [2.05, 4.69) is 6.92 Å². The van der Waals surface area contributed by atoms with Crippen molar-refractivity contribution in [3.8, 4) is 0 Å². The molecule has 0 aromatic rings. The second-order valence-corrected chi connectivity index (χ2v) is 8.94. The van der Waals surface area contributed by atoms with Crippen molar-refractivity contribution in [3.05, 3.63) is 0 Å². The molecule has 4 nitrogen and oxygen atoms in total. The zero-order valence-corrected chi connectivity index (χ0v) is 15.8. The molecule has 2 fully saturated rings. The van der Waals surface area contributed by atoms with Crippen LogP contribution in [0.25, 0.3) is 0 Å². The van der Waals surface area contributed by atoms with Gasteiger partial charge in [0.15, 0.2) is 0 Å². The predicted molar refractivity (Wildman–Crippen MR) is 74.4 cm³/mol. The van der Waals surface area contributed by atoms with Crippen molar-refractivity contribution < 1.29 is 14.3 Å². The maximum atomic E-state index is 11.8. The molecule has 0 aromatic heterocycles. The van der Waals surface area contributed by atoms with E-state index in [0.717, 1.165) is 16.3 Å². The van der Waals surface area contributed by atoms with Gasteiger partial charge >= 0.3 is 132 Å². The molecule has 107 valence electrons. The molecule has 2 rings (SSSR count). The Morgan fingerprint density at radius 3 is 2.53 bits per heavy atom. The average Bonchev–Trinajstić information content (AvgIpc) is 2.78. The van der Waals surface area contributed by atoms with Gasteiger partial charge in [-0.3, -0.25) is 0 Å². The van der Waals surface area contributed by atoms with Crippen LogP contribution in [0.3, 0.4) is 0 Å². The molecule has 0 spiro atoms. The van der Waals surface area contributed by atoms with Crippen LogP contribution in [0.2, 0.25) is 3.48 Å². The second-order valence-electron chi connectivity index (χ2n) is 5.76. The van der Waals surface area contributed by atoms with Gasteiger partial charge < -0.3 is 0 Å². The van der Waals surface area contributed by atoms with Crippen LogP contribution in [0.1, 0.15) is 45.4 Å². The van der Waals surface area contributed by atoms with Crippen molar-refractivity contribution in [2.75, 3.05) is 13.7 Å². The molecule has 19 heavy (non-hydrogen) atoms. The number of carbonyl (C=O) groups is 1. The van der Waals surface area contributed by atoms with Crippen LogP contribution in [-0.4, -0.2) is 68.7 Å². The van der Waals surface area contributed by atoms with Crippen LogP contribution < -0.4 is 0 Å². The molecular formula is C14H24NO3Pb. The molecule has 3 radical (unpaired) electrons. The maximum absolute atomic E-state index is 11.8. The molecule has 0 aromatic carbocycles. The van der Waals surface area contributed by atoms with E-state index in [4.69, 9.17) is 9.47 Å². The van der Waals surface area contributed by atoms with Crippen molar-refractivity contribution in [2.24, 2.45) is 0 Å². The van der Waals surface area contributed by atoms with Crippen molar-refractivity contribution in [2.45, 2.75) is 67.1 Å². The minimum absolute atomic E-state index is 0.205. The molecule has 1 saturated carbocycles. The normalized spacial score (nSPS) is 35.4. The van der Waals surface area contributed by atoms with Crippen LogP contribution in [-0.2, 0) is 9.47 Å². The molecule has 2 unspecified atom stereocenters. The number of hydrogen-bond donors (Lipinski definition) is 0. The summed E-state index contributed by atoms with van der Waals surface area (Å²) in [5.41, 5.74) is 0. The Morgan fingerprint density at radius 2 is 1.89 bits per heavy atom. The van der Waals surface area contributed by atoms with Crippen LogP contribution in [0, 0.1) is 0 Å². The summed E-state index contributed by atoms with van der Waals surface area (Å²) < 4.78 is 11.9. The van der Waals surface area contributed by atoms with Crippen LogP contribution in [0.5, 0.6) is 0 Å². The molecule has 1 aliphatic heterocycles. The number of carbonyl (C=O) groups excluding carboxylic acids is 1. The summed E-state index contributed by atoms with van der Waals surface area (Å²) in [6.07, 6.45) is 7.37. The standard InChI is InChI=1S/C14H24NO3.Pb/c1-11-8-9-12(15(11)14(16)17-2)10-18-13-6-4-3-5-7-13;/h3,11-13H,4-10H2,1-2H3;. The first kappa shape index (κ1) is 15.5. The fraction of sp³-hybridized carbons (Fsp3) is 0.929. The van der Waals surface area contributed by atoms with E-state index < -0.39 is 0 Å². The van der Waals surface area contributed by atoms with Gasteiger partial charge in [0.2, 0.25) is 0 Å². The summed E-state index contributed by atoms with van der Waals surface area (Å²) in [4.78, 5) is 13.6. The summed E-state index contributed by atoms with van der Waals surface area (Å²) >= 11 is 1.32. The Balaban J connectivity index is 1.80. The van der Waals surface area contributed by atoms with Gasteiger partial charge in [-0.05, 0) is 0 Å². The Hall–Kier alpha value is 0.152. The monoisotopic (exact) mass is 462 g/mol. The van der Waals surface area contributed by atoms with Gasteiger partial charge in [0, 0.05) is 0 Å². The van der Waals surface area contributed by atoms with Crippen LogP contribution in [0.4, 0.5) is 4.79 Å². The van der Waals surface area contributed by atoms with Gasteiger partial charge in [-0.15, -0.1) is 0 Å². The molecule has 0 bridgehead atoms. The minimum atomic E-state index is -0.207. The SMILES string of the molecule is COC(=O)N1C(C)CCC1COC1CC[CH]([Pb])CC1. The number of hydrogen-bond acceptors (Lipinski definition) is 3. The Morgan fingerprint density at radius 1 is 1.21 bits per heavy atom. The van der Waals surface area contributed by atoms with E-state index in [1.807, 2.05) is 4.90 Å². The zero-order valence-electron chi connectivity index (χ0n) is 11.9. The average molecular weight is 462 g/mol. The molecule has 2 aliphatic rings. The molecule has 1 amide bonds. The van der Waals surface area contributed by atoms with Crippen LogP contribution in [0.15, 0.2) is 0 Å². The first-order valence-electron chi connectivity index (χ1n) is 7.30. The van der Waals surface area contributed by atoms with Gasteiger partial charge in [-0.25, -0.2) is 0 Å². The fourth-order valence-electron chi connectivity index (χ4n) is 3.15. The third-order valence-electron chi connectivity index (χ3n) is 4.37. The summed E-state index contributed by atoms with van der Waals surface area (Å²) in [6, 6.07) is 0.481. The topological polar surface area (TPSA) is 38.8 Å². The fourth-order valence-corrected chi connectivity index (χ4v) is 4.44. The Labute approximate surface area is 131 Å². The van der Waals surface area contributed by atoms with E-state index in [0.29, 0.717) is 12.7 Å². The van der Waals surface area contributed by atoms with Gasteiger partial charge in [0.1, 0.15) is 0 Å². The molecule has 5 heteroatoms. The van der Waals surface area contributed by atoms with Crippen molar-refractivity contribution in [1.82, 2.24) is 4.90 Å². The third kappa shape index (κ3) is 4.06. The molecule has 1 saturated heterocycles. The van der Waals surface area contributed by atoms with E-state index in [1.54, 1.807) is 0 Å². The van der Waals surface area contributed by atoms with Crippen molar-refractivity contribution in [1.29, 1.82) is 0 Å². The van der Waals surface area contributed by atoms with Gasteiger partial charge in [-0.2, -0.15) is 0 Å². The van der Waals surface area contributed by atoms with E-state index in [9.17, 15) is 4.79 Å². The number of likely N-dealkylation sites (tertiary alicyclic amines) is 1. The van der Waals surface area contributed by atoms with Gasteiger partial charge in [0.25, 0.3) is 0 Å². The summed E-state index contributed by atoms with van der Waals surface area (Å²) in [5, 5.41) is 0. The first-order valence-corrected chi connectivity index (χ1v) is 9.55. The third-order valence-corrected chi connectivity index (χ3v) is 6.61. The first-order chi connectivity index (χ1) is 9.11.